The summed E-state index contributed by atoms with van der Waals surface area (Å²) in [4.78, 5) is 67.4. The van der Waals surface area contributed by atoms with Crippen molar-refractivity contribution in [1.29, 1.82) is 0 Å². The molecule has 0 fully saturated rings. The van der Waals surface area contributed by atoms with Gasteiger partial charge >= 0.3 is 17.9 Å². The molecule has 0 spiro atoms. The number of benzene rings is 3. The van der Waals surface area contributed by atoms with E-state index < -0.39 is 53.1 Å². The lowest BCUT2D eigenvalue weighted by molar-refractivity contribution is -0.136. The first-order chi connectivity index (χ1) is 21.2. The van der Waals surface area contributed by atoms with Crippen molar-refractivity contribution >= 4 is 47.0 Å². The Morgan fingerprint density at radius 1 is 1.00 bits per heavy atom. The molecule has 0 saturated heterocycles. The van der Waals surface area contributed by atoms with Crippen molar-refractivity contribution in [3.8, 4) is 0 Å². The van der Waals surface area contributed by atoms with Crippen LogP contribution in [0.25, 0.3) is 0 Å². The summed E-state index contributed by atoms with van der Waals surface area (Å²) < 4.78 is 19.3. The van der Waals surface area contributed by atoms with E-state index in [0.717, 1.165) is 22.1 Å². The Morgan fingerprint density at radius 2 is 1.67 bits per heavy atom. The first-order valence-electron chi connectivity index (χ1n) is 14.3. The maximum absolute atomic E-state index is 13.9. The fraction of sp³-hybridized carbons (Fsp3) is 0.303. The summed E-state index contributed by atoms with van der Waals surface area (Å²) in [7, 11) is 1.63. The normalized spacial score (nSPS) is 17.1. The summed E-state index contributed by atoms with van der Waals surface area (Å²) in [6.45, 7) is 5.59. The fourth-order valence-corrected chi connectivity index (χ4v) is 5.66. The van der Waals surface area contributed by atoms with Crippen LogP contribution in [0, 0.1) is 11.7 Å². The van der Waals surface area contributed by atoms with Crippen LogP contribution in [0.4, 0.5) is 14.9 Å². The van der Waals surface area contributed by atoms with E-state index in [1.807, 2.05) is 6.07 Å². The first-order valence-corrected chi connectivity index (χ1v) is 14.7. The smallest absolute Gasteiger partial charge is 0.410 e. The monoisotopic (exact) mass is 634 g/mol. The molecule has 0 aromatic heterocycles. The van der Waals surface area contributed by atoms with Crippen molar-refractivity contribution in [1.82, 2.24) is 15.1 Å². The molecule has 1 aliphatic heterocycles. The lowest BCUT2D eigenvalue weighted by atomic mass is 9.99. The van der Waals surface area contributed by atoms with Crippen LogP contribution in [0.3, 0.4) is 0 Å². The molecule has 3 aromatic rings. The molecule has 234 valence electrons. The van der Waals surface area contributed by atoms with Gasteiger partial charge in [0.2, 0.25) is 0 Å². The Morgan fingerprint density at radius 3 is 2.29 bits per heavy atom. The van der Waals surface area contributed by atoms with Crippen LogP contribution in [-0.2, 0) is 27.3 Å². The van der Waals surface area contributed by atoms with Crippen LogP contribution >= 0.6 is 11.6 Å². The van der Waals surface area contributed by atoms with Gasteiger partial charge in [-0.05, 0) is 74.2 Å². The molecule has 0 unspecified atom stereocenters. The van der Waals surface area contributed by atoms with E-state index in [0.29, 0.717) is 23.1 Å². The Hall–Kier alpha value is -4.77. The number of halogens is 2. The van der Waals surface area contributed by atoms with Gasteiger partial charge in [-0.1, -0.05) is 41.9 Å². The fourth-order valence-electron chi connectivity index (χ4n) is 5.54. The van der Waals surface area contributed by atoms with Gasteiger partial charge in [-0.25, -0.2) is 9.18 Å². The largest absolute Gasteiger partial charge is 0.444 e. The van der Waals surface area contributed by atoms with E-state index in [9.17, 15) is 28.4 Å². The summed E-state index contributed by atoms with van der Waals surface area (Å²) in [6.07, 6.45) is -0.106. The average molecular weight is 635 g/mol. The first kappa shape index (κ1) is 31.6. The number of nitrogens with one attached hydrogen (secondary N) is 2. The van der Waals surface area contributed by atoms with Crippen LogP contribution in [0.2, 0.25) is 5.02 Å². The summed E-state index contributed by atoms with van der Waals surface area (Å²) in [5.74, 6) is -4.10. The molecule has 0 saturated carbocycles. The van der Waals surface area contributed by atoms with Crippen molar-refractivity contribution in [2.75, 3.05) is 18.9 Å². The number of carbonyl (C=O) groups excluding carboxylic acids is 5. The zero-order valence-electron chi connectivity index (χ0n) is 25.1. The van der Waals surface area contributed by atoms with Gasteiger partial charge in [-0.3, -0.25) is 24.1 Å². The van der Waals surface area contributed by atoms with Crippen LogP contribution in [0.5, 0.6) is 0 Å². The molecule has 5 rings (SSSR count). The van der Waals surface area contributed by atoms with Crippen LogP contribution in [-0.4, -0.2) is 58.7 Å². The number of nitrogens with zero attached hydrogens (tertiary/aromatic N) is 2. The number of anilines is 1. The molecule has 2 atom stereocenters. The Kier molecular flexibility index (Phi) is 8.66. The van der Waals surface area contributed by atoms with E-state index in [1.54, 1.807) is 64.2 Å². The summed E-state index contributed by atoms with van der Waals surface area (Å²) in [5, 5.41) is 4.99. The summed E-state index contributed by atoms with van der Waals surface area (Å²) in [6, 6.07) is 14.9. The molecule has 12 heteroatoms. The van der Waals surface area contributed by atoms with Gasteiger partial charge in [0.05, 0.1) is 22.2 Å². The highest BCUT2D eigenvalue weighted by atomic mass is 35.5. The topological polar surface area (TPSA) is 125 Å². The highest BCUT2D eigenvalue weighted by Crippen LogP contribution is 2.39. The zero-order valence-corrected chi connectivity index (χ0v) is 25.9. The molecule has 10 nitrogen and oxygen atoms in total. The number of rotatable bonds is 6. The minimum Gasteiger partial charge on any atom is -0.444 e. The summed E-state index contributed by atoms with van der Waals surface area (Å²) in [5.41, 5.74) is 2.35. The van der Waals surface area contributed by atoms with Gasteiger partial charge in [0.1, 0.15) is 11.4 Å². The lowest BCUT2D eigenvalue weighted by Crippen LogP contribution is -2.43. The Balaban J connectivity index is 1.37. The second kappa shape index (κ2) is 12.3. The minimum absolute atomic E-state index is 0.0108. The average Bonchev–Trinajstić information content (AvgIpc) is 3.43. The van der Waals surface area contributed by atoms with Gasteiger partial charge in [-0.15, -0.1) is 0 Å². The predicted molar refractivity (Wildman–Crippen MR) is 164 cm³/mol. The van der Waals surface area contributed by atoms with Crippen LogP contribution < -0.4 is 10.6 Å². The van der Waals surface area contributed by atoms with Crippen molar-refractivity contribution in [3.05, 3.63) is 99.3 Å². The van der Waals surface area contributed by atoms with Gasteiger partial charge in [0.15, 0.2) is 0 Å². The SMILES string of the molecule is CN(Cc1ccc2c(c1)C[C@H](CN1C(=O)c3ccccc3C1=O)[C@H]2NC(=O)C(=O)Nc1ccc(Cl)c(F)c1)C(=O)OC(C)(C)C. The van der Waals surface area contributed by atoms with Gasteiger partial charge in [0, 0.05) is 31.7 Å². The third kappa shape index (κ3) is 6.83. The van der Waals surface area contributed by atoms with Crippen LogP contribution in [0.15, 0.2) is 60.7 Å². The molecule has 0 bridgehead atoms. The molecule has 5 amide bonds. The van der Waals surface area contributed by atoms with E-state index in [1.165, 1.54) is 17.0 Å². The lowest BCUT2D eigenvalue weighted by Gasteiger charge is -2.25. The number of hydrogen-bond acceptors (Lipinski definition) is 6. The van der Waals surface area contributed by atoms with Crippen molar-refractivity contribution in [2.24, 2.45) is 5.92 Å². The Bertz CT molecular complexity index is 1690. The molecular weight excluding hydrogens is 603 g/mol. The summed E-state index contributed by atoms with van der Waals surface area (Å²) >= 11 is 5.71. The second-order valence-electron chi connectivity index (χ2n) is 12.1. The number of ether oxygens (including phenoxy) is 1. The van der Waals surface area contributed by atoms with Gasteiger partial charge in [-0.2, -0.15) is 0 Å². The molecule has 2 aliphatic rings. The maximum Gasteiger partial charge on any atom is 0.410 e. The van der Waals surface area contributed by atoms with Crippen LogP contribution in [0.1, 0.15) is 64.2 Å². The van der Waals surface area contributed by atoms with Crippen molar-refractivity contribution < 1.29 is 33.1 Å². The number of fused-ring (bicyclic) bond motifs is 2. The third-order valence-electron chi connectivity index (χ3n) is 7.59. The molecule has 1 aliphatic carbocycles. The molecular formula is C33H32ClFN4O6. The van der Waals surface area contributed by atoms with Gasteiger partial charge < -0.3 is 20.3 Å². The predicted octanol–water partition coefficient (Wildman–Crippen LogP) is 5.11. The second-order valence-corrected chi connectivity index (χ2v) is 12.5. The third-order valence-corrected chi connectivity index (χ3v) is 7.89. The quantitative estimate of drug-likeness (QED) is 0.287. The molecule has 45 heavy (non-hydrogen) atoms. The molecule has 3 aromatic carbocycles. The van der Waals surface area contributed by atoms with E-state index in [-0.39, 0.29) is 23.8 Å². The molecule has 2 N–H and O–H groups in total. The highest BCUT2D eigenvalue weighted by Gasteiger charge is 2.41. The molecule has 0 radical (unpaired) electrons. The number of hydrogen-bond donors (Lipinski definition) is 2. The Labute approximate surface area is 264 Å². The van der Waals surface area contributed by atoms with Crippen molar-refractivity contribution in [2.45, 2.75) is 45.4 Å². The van der Waals surface area contributed by atoms with Gasteiger partial charge in [0.25, 0.3) is 11.8 Å². The molecule has 1 heterocycles. The van der Waals surface area contributed by atoms with E-state index in [4.69, 9.17) is 16.3 Å². The van der Waals surface area contributed by atoms with E-state index >= 15 is 0 Å². The number of amides is 5. The number of carbonyl (C=O) groups is 5. The zero-order chi connectivity index (χ0) is 32.6. The van der Waals surface area contributed by atoms with E-state index in [2.05, 4.69) is 10.6 Å². The number of imide groups is 1. The van der Waals surface area contributed by atoms with Crippen molar-refractivity contribution in [3.63, 3.8) is 0 Å². The minimum atomic E-state index is -1.03. The standard InChI is InChI=1S/C33H32ClFN4O6/c1-33(2,3)45-32(44)38(4)16-18-9-11-22-19(13-18)14-20(17-39-30(42)23-7-5-6-8-24(23)31(39)43)27(22)37-29(41)28(40)36-21-10-12-25(34)26(35)15-21/h5-13,15,20,27H,14,16-17H2,1-4H3,(H,36,40)(H,37,41)/t20-,27-/m1/s1. The highest BCUT2D eigenvalue weighted by molar-refractivity contribution is 6.39. The maximum atomic E-state index is 13.9.